The molecule has 10 nitrogen and oxygen atoms in total. The molecule has 3 aliphatic rings. The summed E-state index contributed by atoms with van der Waals surface area (Å²) in [6.07, 6.45) is -3.24. The maximum Gasteiger partial charge on any atom is 0.416 e. The first-order valence-electron chi connectivity index (χ1n) is 16.2. The molecule has 2 aromatic rings. The van der Waals surface area contributed by atoms with E-state index >= 15 is 0 Å². The monoisotopic (exact) mass is 657 g/mol. The van der Waals surface area contributed by atoms with Gasteiger partial charge >= 0.3 is 12.3 Å². The maximum absolute atomic E-state index is 14.0. The van der Waals surface area contributed by atoms with E-state index in [0.717, 1.165) is 24.1 Å². The molecule has 3 heterocycles. The molecule has 0 aliphatic carbocycles. The normalized spacial score (nSPS) is 21.8. The van der Waals surface area contributed by atoms with Crippen molar-refractivity contribution in [3.8, 4) is 0 Å². The molecule has 3 aliphatic heterocycles. The van der Waals surface area contributed by atoms with Crippen LogP contribution in [0.25, 0.3) is 0 Å². The number of halogens is 3. The summed E-state index contributed by atoms with van der Waals surface area (Å²) in [5.41, 5.74) is 6.42. The summed E-state index contributed by atoms with van der Waals surface area (Å²) in [4.78, 5) is 60.2. The number of rotatable bonds is 11. The lowest BCUT2D eigenvalue weighted by molar-refractivity contribution is -0.172. The molecule has 0 bridgehead atoms. The van der Waals surface area contributed by atoms with Crippen molar-refractivity contribution >= 4 is 23.8 Å². The van der Waals surface area contributed by atoms with Crippen LogP contribution < -0.4 is 5.73 Å². The number of hydrogen-bond donors (Lipinski definition) is 1. The molecule has 3 atom stereocenters. The number of carbonyl (C=O) groups excluding carboxylic acids is 4. The quantitative estimate of drug-likeness (QED) is 0.390. The van der Waals surface area contributed by atoms with E-state index in [1.807, 2.05) is 30.3 Å². The molecule has 2 aromatic carbocycles. The number of benzene rings is 2. The lowest BCUT2D eigenvalue weighted by atomic mass is 9.93. The van der Waals surface area contributed by atoms with E-state index in [4.69, 9.17) is 10.5 Å². The lowest BCUT2D eigenvalue weighted by Crippen LogP contribution is -2.73. The summed E-state index contributed by atoms with van der Waals surface area (Å²) in [5, 5.41) is 0. The first-order valence-corrected chi connectivity index (χ1v) is 16.2. The fourth-order valence-electron chi connectivity index (χ4n) is 6.95. The number of hydrogen-bond acceptors (Lipinski definition) is 6. The molecule has 0 spiro atoms. The number of carbonyl (C=O) groups is 4. The molecule has 4 amide bonds. The van der Waals surface area contributed by atoms with Crippen LogP contribution in [0.1, 0.15) is 60.8 Å². The van der Waals surface area contributed by atoms with Gasteiger partial charge in [-0.1, -0.05) is 42.0 Å². The van der Waals surface area contributed by atoms with Gasteiger partial charge in [-0.05, 0) is 68.8 Å². The van der Waals surface area contributed by atoms with Gasteiger partial charge in [0.25, 0.3) is 0 Å². The van der Waals surface area contributed by atoms with Gasteiger partial charge in [-0.25, -0.2) is 4.79 Å². The third-order valence-electron chi connectivity index (χ3n) is 9.11. The number of likely N-dealkylation sites (tertiary alicyclic amines) is 1. The Morgan fingerprint density at radius 1 is 0.979 bits per heavy atom. The first kappa shape index (κ1) is 34.2. The topological polar surface area (TPSA) is 116 Å². The molecule has 0 radical (unpaired) electrons. The molecule has 0 aromatic heterocycles. The van der Waals surface area contributed by atoms with Gasteiger partial charge in [0, 0.05) is 38.5 Å². The van der Waals surface area contributed by atoms with Crippen molar-refractivity contribution in [1.82, 2.24) is 19.6 Å². The second-order valence-electron chi connectivity index (χ2n) is 12.6. The standard InChI is InChI=1S/C34H42F3N5O5/c1-23-16-25(18-26(17-23)34(35,36)37)22-47-33(46)41-27(19-24-8-3-2-4-9-24)20-31(44)42-28(10-5-12-38)32(45)40(21-29(41)42)15-7-14-39-13-6-11-30(39)43/h2-4,8-9,16-18,27-29H,5-7,10-15,19-22,38H2,1H3/t27?,28-,29?/m0/s1. The average Bonchev–Trinajstić information content (AvgIpc) is 3.44. The fraction of sp³-hybridized carbons (Fsp3) is 0.529. The maximum atomic E-state index is 14.0. The van der Waals surface area contributed by atoms with Crippen molar-refractivity contribution < 1.29 is 37.1 Å². The summed E-state index contributed by atoms with van der Waals surface area (Å²) in [6, 6.07) is 11.4. The Morgan fingerprint density at radius 3 is 2.40 bits per heavy atom. The summed E-state index contributed by atoms with van der Waals surface area (Å²) >= 11 is 0. The summed E-state index contributed by atoms with van der Waals surface area (Å²) in [7, 11) is 0. The molecule has 0 saturated carbocycles. The second kappa shape index (κ2) is 14.7. The Morgan fingerprint density at radius 2 is 1.72 bits per heavy atom. The predicted molar refractivity (Wildman–Crippen MR) is 166 cm³/mol. The number of ether oxygens (including phenoxy) is 1. The molecule has 3 saturated heterocycles. The Kier molecular flexibility index (Phi) is 10.7. The molecule has 5 rings (SSSR count). The predicted octanol–water partition coefficient (Wildman–Crippen LogP) is 4.08. The summed E-state index contributed by atoms with van der Waals surface area (Å²) < 4.78 is 46.2. The molecule has 3 fully saturated rings. The van der Waals surface area contributed by atoms with Crippen molar-refractivity contribution in [1.29, 1.82) is 0 Å². The minimum atomic E-state index is -4.56. The third-order valence-corrected chi connectivity index (χ3v) is 9.11. The van der Waals surface area contributed by atoms with Gasteiger partial charge in [-0.2, -0.15) is 13.2 Å². The zero-order chi connectivity index (χ0) is 33.7. The number of piperazine rings is 1. The van der Waals surface area contributed by atoms with E-state index in [0.29, 0.717) is 63.8 Å². The fourth-order valence-corrected chi connectivity index (χ4v) is 6.95. The molecule has 47 heavy (non-hydrogen) atoms. The minimum absolute atomic E-state index is 0.0424. The van der Waals surface area contributed by atoms with Crippen LogP contribution in [0.5, 0.6) is 0 Å². The van der Waals surface area contributed by atoms with Crippen molar-refractivity contribution in [3.63, 3.8) is 0 Å². The van der Waals surface area contributed by atoms with Gasteiger partial charge in [-0.3, -0.25) is 19.3 Å². The zero-order valence-electron chi connectivity index (χ0n) is 26.6. The van der Waals surface area contributed by atoms with E-state index in [1.165, 1.54) is 15.9 Å². The highest BCUT2D eigenvalue weighted by Gasteiger charge is 2.51. The average molecular weight is 658 g/mol. The number of nitrogens with two attached hydrogens (primary N) is 1. The van der Waals surface area contributed by atoms with Gasteiger partial charge in [0.05, 0.1) is 12.1 Å². The van der Waals surface area contributed by atoms with Crippen LogP contribution in [0.3, 0.4) is 0 Å². The Hall–Kier alpha value is -4.13. The highest BCUT2D eigenvalue weighted by Crippen LogP contribution is 2.34. The van der Waals surface area contributed by atoms with E-state index in [-0.39, 0.29) is 36.3 Å². The lowest BCUT2D eigenvalue weighted by Gasteiger charge is -2.54. The molecule has 2 unspecified atom stereocenters. The van der Waals surface area contributed by atoms with Crippen LogP contribution in [0.2, 0.25) is 0 Å². The van der Waals surface area contributed by atoms with Crippen molar-refractivity contribution in [2.24, 2.45) is 5.73 Å². The number of alkyl halides is 3. The van der Waals surface area contributed by atoms with Crippen molar-refractivity contribution in [2.75, 3.05) is 32.7 Å². The minimum Gasteiger partial charge on any atom is -0.444 e. The largest absolute Gasteiger partial charge is 0.444 e. The van der Waals surface area contributed by atoms with Gasteiger partial charge in [0.1, 0.15) is 18.8 Å². The molecular formula is C34H42F3N5O5. The van der Waals surface area contributed by atoms with Gasteiger partial charge in [0.2, 0.25) is 17.7 Å². The summed E-state index contributed by atoms with van der Waals surface area (Å²) in [5.74, 6) is -0.398. The van der Waals surface area contributed by atoms with Crippen LogP contribution in [-0.4, -0.2) is 94.4 Å². The number of nitrogens with zero attached hydrogens (tertiary/aromatic N) is 4. The molecule has 13 heteroatoms. The Balaban J connectivity index is 1.42. The van der Waals surface area contributed by atoms with E-state index in [9.17, 15) is 32.3 Å². The van der Waals surface area contributed by atoms with Crippen LogP contribution in [-0.2, 0) is 38.3 Å². The second-order valence-corrected chi connectivity index (χ2v) is 12.6. The van der Waals surface area contributed by atoms with Crippen molar-refractivity contribution in [2.45, 2.75) is 82.9 Å². The molecular weight excluding hydrogens is 615 g/mol. The highest BCUT2D eigenvalue weighted by molar-refractivity contribution is 5.91. The van der Waals surface area contributed by atoms with Crippen LogP contribution in [0.15, 0.2) is 48.5 Å². The van der Waals surface area contributed by atoms with Gasteiger partial charge < -0.3 is 25.2 Å². The SMILES string of the molecule is Cc1cc(COC(=O)N2C(Cc3ccccc3)CC(=O)N3C2CN(CCCN2CCCC2=O)C(=O)[C@@H]3CCCN)cc(C(F)(F)F)c1. The molecule has 2 N–H and O–H groups in total. The third kappa shape index (κ3) is 8.06. The van der Waals surface area contributed by atoms with Crippen LogP contribution in [0.4, 0.5) is 18.0 Å². The van der Waals surface area contributed by atoms with Crippen LogP contribution in [0, 0.1) is 6.92 Å². The Labute approximate surface area is 272 Å². The molecule has 254 valence electrons. The number of amides is 4. The zero-order valence-corrected chi connectivity index (χ0v) is 26.6. The van der Waals surface area contributed by atoms with Gasteiger partial charge in [-0.15, -0.1) is 0 Å². The van der Waals surface area contributed by atoms with E-state index < -0.39 is 42.7 Å². The van der Waals surface area contributed by atoms with Crippen molar-refractivity contribution in [3.05, 3.63) is 70.8 Å². The first-order chi connectivity index (χ1) is 22.5. The van der Waals surface area contributed by atoms with E-state index in [1.54, 1.807) is 16.7 Å². The van der Waals surface area contributed by atoms with Crippen LogP contribution >= 0.6 is 0 Å². The summed E-state index contributed by atoms with van der Waals surface area (Å²) in [6.45, 7) is 3.01. The van der Waals surface area contributed by atoms with Gasteiger partial charge in [0.15, 0.2) is 0 Å². The Bertz CT molecular complexity index is 1460. The smallest absolute Gasteiger partial charge is 0.416 e. The van der Waals surface area contributed by atoms with E-state index in [2.05, 4.69) is 0 Å². The number of fused-ring (bicyclic) bond motifs is 1. The number of aryl methyl sites for hydroxylation is 1. The highest BCUT2D eigenvalue weighted by atomic mass is 19.4.